The highest BCUT2D eigenvalue weighted by Crippen LogP contribution is 2.35. The normalized spacial score (nSPS) is 33.0. The van der Waals surface area contributed by atoms with Gasteiger partial charge in [-0.25, -0.2) is 0 Å². The SMILES string of the molecule is CC1(CNCC2CCCCCC2N)CCCCC1. The zero-order valence-corrected chi connectivity index (χ0v) is 12.2. The van der Waals surface area contributed by atoms with E-state index in [9.17, 15) is 0 Å². The fraction of sp³-hybridized carbons (Fsp3) is 1.00. The Labute approximate surface area is 113 Å². The van der Waals surface area contributed by atoms with E-state index in [0.717, 1.165) is 12.5 Å². The average Bonchev–Trinajstić information content (AvgIpc) is 2.56. The van der Waals surface area contributed by atoms with Gasteiger partial charge in [0.25, 0.3) is 0 Å². The summed E-state index contributed by atoms with van der Waals surface area (Å²) in [7, 11) is 0. The molecule has 2 aliphatic carbocycles. The van der Waals surface area contributed by atoms with E-state index in [-0.39, 0.29) is 0 Å². The van der Waals surface area contributed by atoms with Crippen LogP contribution in [0.4, 0.5) is 0 Å². The van der Waals surface area contributed by atoms with Gasteiger partial charge in [-0.05, 0) is 43.6 Å². The lowest BCUT2D eigenvalue weighted by Gasteiger charge is -2.34. The fourth-order valence-electron chi connectivity index (χ4n) is 3.81. The van der Waals surface area contributed by atoms with Crippen molar-refractivity contribution in [1.29, 1.82) is 0 Å². The molecule has 0 aromatic heterocycles. The summed E-state index contributed by atoms with van der Waals surface area (Å²) in [5, 5.41) is 3.74. The van der Waals surface area contributed by atoms with E-state index < -0.39 is 0 Å². The molecule has 0 amide bonds. The van der Waals surface area contributed by atoms with Crippen LogP contribution in [-0.4, -0.2) is 19.1 Å². The third-order valence-electron chi connectivity index (χ3n) is 5.24. The van der Waals surface area contributed by atoms with Gasteiger partial charge in [-0.2, -0.15) is 0 Å². The molecule has 3 N–H and O–H groups in total. The summed E-state index contributed by atoms with van der Waals surface area (Å²) >= 11 is 0. The van der Waals surface area contributed by atoms with Gasteiger partial charge in [0.1, 0.15) is 0 Å². The Kier molecular flexibility index (Phi) is 5.50. The highest BCUT2D eigenvalue weighted by Gasteiger charge is 2.27. The molecule has 2 atom stereocenters. The molecule has 0 aromatic carbocycles. The molecule has 2 fully saturated rings. The lowest BCUT2D eigenvalue weighted by molar-refractivity contribution is 0.201. The van der Waals surface area contributed by atoms with Crippen LogP contribution in [0.3, 0.4) is 0 Å². The maximum Gasteiger partial charge on any atom is 0.00792 e. The predicted octanol–water partition coefficient (Wildman–Crippen LogP) is 3.45. The van der Waals surface area contributed by atoms with Crippen LogP contribution < -0.4 is 11.1 Å². The van der Waals surface area contributed by atoms with Gasteiger partial charge in [0.2, 0.25) is 0 Å². The largest absolute Gasteiger partial charge is 0.327 e. The van der Waals surface area contributed by atoms with Crippen LogP contribution in [0, 0.1) is 11.3 Å². The molecule has 2 unspecified atom stereocenters. The number of hydrogen-bond donors (Lipinski definition) is 2. The molecule has 2 aliphatic rings. The van der Waals surface area contributed by atoms with Crippen LogP contribution >= 0.6 is 0 Å². The maximum absolute atomic E-state index is 6.29. The van der Waals surface area contributed by atoms with E-state index in [1.165, 1.54) is 70.8 Å². The second-order valence-electron chi connectivity index (χ2n) is 7.06. The molecule has 18 heavy (non-hydrogen) atoms. The minimum Gasteiger partial charge on any atom is -0.327 e. The van der Waals surface area contributed by atoms with Crippen molar-refractivity contribution in [3.63, 3.8) is 0 Å². The molecular weight excluding hydrogens is 220 g/mol. The van der Waals surface area contributed by atoms with Crippen LogP contribution in [-0.2, 0) is 0 Å². The summed E-state index contributed by atoms with van der Waals surface area (Å²) in [6.45, 7) is 4.82. The first kappa shape index (κ1) is 14.3. The molecule has 0 bridgehead atoms. The Bertz CT molecular complexity index is 233. The van der Waals surface area contributed by atoms with Crippen molar-refractivity contribution in [2.75, 3.05) is 13.1 Å². The zero-order chi connectivity index (χ0) is 12.8. The van der Waals surface area contributed by atoms with Gasteiger partial charge in [0, 0.05) is 12.6 Å². The first-order valence-corrected chi connectivity index (χ1v) is 8.16. The van der Waals surface area contributed by atoms with Gasteiger partial charge in [-0.1, -0.05) is 45.4 Å². The molecule has 0 spiro atoms. The molecule has 0 heterocycles. The van der Waals surface area contributed by atoms with Gasteiger partial charge in [-0.3, -0.25) is 0 Å². The summed E-state index contributed by atoms with van der Waals surface area (Å²) in [5.41, 5.74) is 6.85. The Morgan fingerprint density at radius 1 is 1.00 bits per heavy atom. The van der Waals surface area contributed by atoms with Crippen molar-refractivity contribution in [1.82, 2.24) is 5.32 Å². The highest BCUT2D eigenvalue weighted by atomic mass is 14.9. The van der Waals surface area contributed by atoms with Crippen molar-refractivity contribution in [2.24, 2.45) is 17.1 Å². The summed E-state index contributed by atoms with van der Waals surface area (Å²) in [6, 6.07) is 0.444. The first-order valence-electron chi connectivity index (χ1n) is 8.16. The quantitative estimate of drug-likeness (QED) is 0.752. The molecule has 2 rings (SSSR count). The van der Waals surface area contributed by atoms with Gasteiger partial charge >= 0.3 is 0 Å². The number of hydrogen-bond acceptors (Lipinski definition) is 2. The Hall–Kier alpha value is -0.0800. The van der Waals surface area contributed by atoms with Crippen molar-refractivity contribution in [3.8, 4) is 0 Å². The summed E-state index contributed by atoms with van der Waals surface area (Å²) in [4.78, 5) is 0. The minimum atomic E-state index is 0.444. The molecule has 2 heteroatoms. The maximum atomic E-state index is 6.29. The summed E-state index contributed by atoms with van der Waals surface area (Å²) in [6.07, 6.45) is 13.8. The molecule has 0 aromatic rings. The number of rotatable bonds is 4. The molecular formula is C16H32N2. The van der Waals surface area contributed by atoms with Crippen LogP contribution in [0.15, 0.2) is 0 Å². The van der Waals surface area contributed by atoms with Crippen molar-refractivity contribution < 1.29 is 0 Å². The second kappa shape index (κ2) is 6.91. The van der Waals surface area contributed by atoms with E-state index in [4.69, 9.17) is 5.73 Å². The van der Waals surface area contributed by atoms with E-state index >= 15 is 0 Å². The lowest BCUT2D eigenvalue weighted by atomic mass is 9.75. The van der Waals surface area contributed by atoms with Crippen molar-refractivity contribution in [3.05, 3.63) is 0 Å². The predicted molar refractivity (Wildman–Crippen MR) is 78.6 cm³/mol. The van der Waals surface area contributed by atoms with E-state index in [2.05, 4.69) is 12.2 Å². The summed E-state index contributed by atoms with van der Waals surface area (Å²) in [5.74, 6) is 0.722. The molecule has 0 radical (unpaired) electrons. The molecule has 0 saturated heterocycles. The highest BCUT2D eigenvalue weighted by molar-refractivity contribution is 4.83. The number of nitrogens with one attached hydrogen (secondary N) is 1. The Morgan fingerprint density at radius 2 is 1.67 bits per heavy atom. The van der Waals surface area contributed by atoms with E-state index in [0.29, 0.717) is 11.5 Å². The molecule has 0 aliphatic heterocycles. The van der Waals surface area contributed by atoms with Crippen molar-refractivity contribution >= 4 is 0 Å². The van der Waals surface area contributed by atoms with E-state index in [1.807, 2.05) is 0 Å². The third kappa shape index (κ3) is 4.24. The van der Waals surface area contributed by atoms with Crippen LogP contribution in [0.2, 0.25) is 0 Å². The fourth-order valence-corrected chi connectivity index (χ4v) is 3.81. The average molecular weight is 252 g/mol. The van der Waals surface area contributed by atoms with E-state index in [1.54, 1.807) is 0 Å². The zero-order valence-electron chi connectivity index (χ0n) is 12.2. The summed E-state index contributed by atoms with van der Waals surface area (Å²) < 4.78 is 0. The molecule has 106 valence electrons. The van der Waals surface area contributed by atoms with Crippen LogP contribution in [0.5, 0.6) is 0 Å². The molecule has 2 nitrogen and oxygen atoms in total. The standard InChI is InChI=1S/C16H32N2/c1-16(10-6-3-7-11-16)13-18-12-14-8-4-2-5-9-15(14)17/h14-15,18H,2-13,17H2,1H3. The number of nitrogens with two attached hydrogens (primary N) is 1. The minimum absolute atomic E-state index is 0.444. The topological polar surface area (TPSA) is 38.0 Å². The third-order valence-corrected chi connectivity index (χ3v) is 5.24. The van der Waals surface area contributed by atoms with Gasteiger partial charge in [-0.15, -0.1) is 0 Å². The second-order valence-corrected chi connectivity index (χ2v) is 7.06. The molecule has 2 saturated carbocycles. The van der Waals surface area contributed by atoms with Gasteiger partial charge in [0.05, 0.1) is 0 Å². The smallest absolute Gasteiger partial charge is 0.00792 e. The first-order chi connectivity index (χ1) is 8.70. The van der Waals surface area contributed by atoms with Crippen LogP contribution in [0.25, 0.3) is 0 Å². The van der Waals surface area contributed by atoms with Crippen LogP contribution in [0.1, 0.15) is 71.1 Å². The monoisotopic (exact) mass is 252 g/mol. The Morgan fingerprint density at radius 3 is 2.44 bits per heavy atom. The van der Waals surface area contributed by atoms with Gasteiger partial charge < -0.3 is 11.1 Å². The van der Waals surface area contributed by atoms with Crippen molar-refractivity contribution in [2.45, 2.75) is 77.2 Å². The lowest BCUT2D eigenvalue weighted by Crippen LogP contribution is -2.40. The van der Waals surface area contributed by atoms with Gasteiger partial charge in [0.15, 0.2) is 0 Å². The Balaban J connectivity index is 1.70.